The van der Waals surface area contributed by atoms with Crippen molar-refractivity contribution in [2.45, 2.75) is 26.2 Å². The topological polar surface area (TPSA) is 54.0 Å². The molecule has 1 saturated heterocycles. The maximum absolute atomic E-state index is 12.7. The zero-order valence-corrected chi connectivity index (χ0v) is 12.4. The Kier molecular flexibility index (Phi) is 3.88. The molecule has 3 rings (SSSR count). The molecular weight excluding hydrogens is 262 g/mol. The first-order chi connectivity index (χ1) is 10.2. The summed E-state index contributed by atoms with van der Waals surface area (Å²) in [7, 11) is 0. The molecule has 1 atom stereocenters. The second-order valence-corrected chi connectivity index (χ2v) is 5.78. The Balaban J connectivity index is 1.81. The van der Waals surface area contributed by atoms with Gasteiger partial charge in [-0.05, 0) is 50.1 Å². The molecule has 1 aliphatic rings. The fraction of sp³-hybridized carbons (Fsp3) is 0.412. The van der Waals surface area contributed by atoms with E-state index in [0.717, 1.165) is 48.9 Å². The molecule has 0 spiro atoms. The molecule has 1 amide bonds. The molecule has 0 saturated carbocycles. The van der Waals surface area contributed by atoms with Gasteiger partial charge in [-0.2, -0.15) is 0 Å². The molecule has 21 heavy (non-hydrogen) atoms. The molecule has 4 heteroatoms. The Morgan fingerprint density at radius 3 is 3.10 bits per heavy atom. The third-order valence-electron chi connectivity index (χ3n) is 4.49. The van der Waals surface area contributed by atoms with Gasteiger partial charge in [0.05, 0.1) is 10.9 Å². The normalized spacial score (nSPS) is 22.1. The van der Waals surface area contributed by atoms with Crippen LogP contribution in [0.3, 0.4) is 0 Å². The lowest BCUT2D eigenvalue weighted by Gasteiger charge is -2.35. The first kappa shape index (κ1) is 14.0. The highest BCUT2D eigenvalue weighted by molar-refractivity contribution is 5.97. The summed E-state index contributed by atoms with van der Waals surface area (Å²) in [4.78, 5) is 17.0. The molecule has 0 radical (unpaired) electrons. The lowest BCUT2D eigenvalue weighted by atomic mass is 9.77. The van der Waals surface area contributed by atoms with Gasteiger partial charge in [-0.3, -0.25) is 9.78 Å². The molecule has 1 aromatic carbocycles. The number of amides is 1. The van der Waals surface area contributed by atoms with E-state index in [2.05, 4.69) is 22.5 Å². The average Bonchev–Trinajstić information content (AvgIpc) is 2.55. The van der Waals surface area contributed by atoms with E-state index < -0.39 is 0 Å². The number of fused-ring (bicyclic) bond motifs is 1. The van der Waals surface area contributed by atoms with Crippen LogP contribution < -0.4 is 10.6 Å². The van der Waals surface area contributed by atoms with Crippen LogP contribution in [0.5, 0.6) is 0 Å². The molecule has 2 heterocycles. The van der Waals surface area contributed by atoms with E-state index in [0.29, 0.717) is 0 Å². The third-order valence-corrected chi connectivity index (χ3v) is 4.49. The Bertz CT molecular complexity index is 647. The number of pyridine rings is 1. The summed E-state index contributed by atoms with van der Waals surface area (Å²) >= 11 is 0. The van der Waals surface area contributed by atoms with E-state index >= 15 is 0 Å². The van der Waals surface area contributed by atoms with Crippen LogP contribution in [0.25, 0.3) is 10.9 Å². The molecule has 1 aliphatic heterocycles. The summed E-state index contributed by atoms with van der Waals surface area (Å²) in [5, 5.41) is 7.48. The van der Waals surface area contributed by atoms with Gasteiger partial charge in [0.15, 0.2) is 0 Å². The van der Waals surface area contributed by atoms with Crippen molar-refractivity contribution in [2.75, 3.05) is 18.4 Å². The standard InChI is InChI=1S/C17H21N3O/c1-2-17(8-4-9-18-12-17)16(21)20-14-6-7-15-13(11-14)5-3-10-19-15/h3,5-7,10-11,18H,2,4,8-9,12H2,1H3,(H,20,21). The van der Waals surface area contributed by atoms with Crippen molar-refractivity contribution in [1.29, 1.82) is 0 Å². The molecule has 0 aliphatic carbocycles. The van der Waals surface area contributed by atoms with Gasteiger partial charge in [-0.1, -0.05) is 13.0 Å². The Morgan fingerprint density at radius 1 is 1.43 bits per heavy atom. The number of carbonyl (C=O) groups is 1. The molecule has 110 valence electrons. The highest BCUT2D eigenvalue weighted by Crippen LogP contribution is 2.31. The molecule has 4 nitrogen and oxygen atoms in total. The fourth-order valence-electron chi connectivity index (χ4n) is 3.04. The van der Waals surface area contributed by atoms with E-state index in [1.54, 1.807) is 6.20 Å². The van der Waals surface area contributed by atoms with E-state index in [1.165, 1.54) is 0 Å². The Hall–Kier alpha value is -1.94. The van der Waals surface area contributed by atoms with Crippen LogP contribution in [-0.2, 0) is 4.79 Å². The van der Waals surface area contributed by atoms with Crippen LogP contribution in [0, 0.1) is 5.41 Å². The number of hydrogen-bond acceptors (Lipinski definition) is 3. The molecular formula is C17H21N3O. The first-order valence-electron chi connectivity index (χ1n) is 7.60. The van der Waals surface area contributed by atoms with Gasteiger partial charge in [-0.25, -0.2) is 0 Å². The summed E-state index contributed by atoms with van der Waals surface area (Å²) in [6, 6.07) is 9.78. The molecule has 1 unspecified atom stereocenters. The quantitative estimate of drug-likeness (QED) is 0.910. The van der Waals surface area contributed by atoms with Crippen molar-refractivity contribution in [3.8, 4) is 0 Å². The van der Waals surface area contributed by atoms with E-state index in [-0.39, 0.29) is 11.3 Å². The van der Waals surface area contributed by atoms with Gasteiger partial charge in [-0.15, -0.1) is 0 Å². The van der Waals surface area contributed by atoms with Gasteiger partial charge in [0.2, 0.25) is 5.91 Å². The number of piperidine rings is 1. The second-order valence-electron chi connectivity index (χ2n) is 5.78. The SMILES string of the molecule is CCC1(C(=O)Nc2ccc3ncccc3c2)CCCNC1. The largest absolute Gasteiger partial charge is 0.326 e. The monoisotopic (exact) mass is 283 g/mol. The maximum Gasteiger partial charge on any atom is 0.231 e. The number of hydrogen-bond donors (Lipinski definition) is 2. The van der Waals surface area contributed by atoms with Crippen LogP contribution >= 0.6 is 0 Å². The van der Waals surface area contributed by atoms with Gasteiger partial charge < -0.3 is 10.6 Å². The van der Waals surface area contributed by atoms with Crippen LogP contribution in [0.4, 0.5) is 5.69 Å². The predicted molar refractivity (Wildman–Crippen MR) is 85.2 cm³/mol. The molecule has 0 bridgehead atoms. The van der Waals surface area contributed by atoms with E-state index in [1.807, 2.05) is 30.3 Å². The van der Waals surface area contributed by atoms with E-state index in [4.69, 9.17) is 0 Å². The van der Waals surface area contributed by atoms with Crippen molar-refractivity contribution >= 4 is 22.5 Å². The van der Waals surface area contributed by atoms with Crippen LogP contribution in [0.1, 0.15) is 26.2 Å². The zero-order chi connectivity index (χ0) is 14.7. The summed E-state index contributed by atoms with van der Waals surface area (Å²) in [6.07, 6.45) is 4.65. The molecule has 1 aromatic heterocycles. The van der Waals surface area contributed by atoms with Gasteiger partial charge in [0, 0.05) is 23.8 Å². The molecule has 2 N–H and O–H groups in total. The van der Waals surface area contributed by atoms with Gasteiger partial charge in [0.25, 0.3) is 0 Å². The lowest BCUT2D eigenvalue weighted by molar-refractivity contribution is -0.126. The van der Waals surface area contributed by atoms with Crippen LogP contribution in [0.15, 0.2) is 36.5 Å². The van der Waals surface area contributed by atoms with Crippen molar-refractivity contribution in [1.82, 2.24) is 10.3 Å². The highest BCUT2D eigenvalue weighted by atomic mass is 16.2. The van der Waals surface area contributed by atoms with E-state index in [9.17, 15) is 4.79 Å². The number of aromatic nitrogens is 1. The average molecular weight is 283 g/mol. The molecule has 2 aromatic rings. The lowest BCUT2D eigenvalue weighted by Crippen LogP contribution is -2.47. The Labute approximate surface area is 125 Å². The van der Waals surface area contributed by atoms with Gasteiger partial charge >= 0.3 is 0 Å². The summed E-state index contributed by atoms with van der Waals surface area (Å²) in [5.74, 6) is 0.125. The third kappa shape index (κ3) is 2.76. The summed E-state index contributed by atoms with van der Waals surface area (Å²) in [5.41, 5.74) is 1.52. The zero-order valence-electron chi connectivity index (χ0n) is 12.4. The number of nitrogens with zero attached hydrogens (tertiary/aromatic N) is 1. The minimum absolute atomic E-state index is 0.125. The highest BCUT2D eigenvalue weighted by Gasteiger charge is 2.37. The minimum Gasteiger partial charge on any atom is -0.326 e. The van der Waals surface area contributed by atoms with Gasteiger partial charge in [0.1, 0.15) is 0 Å². The van der Waals surface area contributed by atoms with Crippen molar-refractivity contribution in [2.24, 2.45) is 5.41 Å². The van der Waals surface area contributed by atoms with Crippen LogP contribution in [-0.4, -0.2) is 24.0 Å². The number of nitrogens with one attached hydrogen (secondary N) is 2. The van der Waals surface area contributed by atoms with Crippen LogP contribution in [0.2, 0.25) is 0 Å². The number of rotatable bonds is 3. The summed E-state index contributed by atoms with van der Waals surface area (Å²) in [6.45, 7) is 3.87. The first-order valence-corrected chi connectivity index (χ1v) is 7.60. The smallest absolute Gasteiger partial charge is 0.231 e. The predicted octanol–water partition coefficient (Wildman–Crippen LogP) is 2.95. The number of benzene rings is 1. The van der Waals surface area contributed by atoms with Crippen molar-refractivity contribution in [3.05, 3.63) is 36.5 Å². The Morgan fingerprint density at radius 2 is 2.33 bits per heavy atom. The number of anilines is 1. The number of carbonyl (C=O) groups excluding carboxylic acids is 1. The maximum atomic E-state index is 12.7. The molecule has 1 fully saturated rings. The minimum atomic E-state index is -0.276. The van der Waals surface area contributed by atoms with Crippen molar-refractivity contribution < 1.29 is 4.79 Å². The fourth-order valence-corrected chi connectivity index (χ4v) is 3.04. The second kappa shape index (κ2) is 5.82. The summed E-state index contributed by atoms with van der Waals surface area (Å²) < 4.78 is 0. The van der Waals surface area contributed by atoms with Crippen molar-refractivity contribution in [3.63, 3.8) is 0 Å².